The van der Waals surface area contributed by atoms with Crippen LogP contribution >= 0.6 is 21.6 Å². The van der Waals surface area contributed by atoms with Crippen molar-refractivity contribution < 1.29 is 23.5 Å². The molecule has 2 fully saturated rings. The summed E-state index contributed by atoms with van der Waals surface area (Å²) in [6, 6.07) is 7.61. The number of fused-ring (bicyclic) bond motifs is 5. The molecule has 6 aliphatic rings. The zero-order chi connectivity index (χ0) is 34.9. The highest BCUT2D eigenvalue weighted by Gasteiger charge is 2.64. The van der Waals surface area contributed by atoms with Crippen LogP contribution in [0.2, 0.25) is 0 Å². The third-order valence-corrected chi connectivity index (χ3v) is 14.8. The van der Waals surface area contributed by atoms with E-state index in [1.54, 1.807) is 25.1 Å². The highest BCUT2D eigenvalue weighted by Crippen LogP contribution is 2.58. The molecule has 10 nitrogen and oxygen atoms in total. The van der Waals surface area contributed by atoms with Crippen molar-refractivity contribution in [2.45, 2.75) is 81.4 Å². The van der Waals surface area contributed by atoms with Gasteiger partial charge in [0, 0.05) is 72.0 Å². The average Bonchev–Trinajstić information content (AvgIpc) is 3.45. The van der Waals surface area contributed by atoms with Crippen LogP contribution in [0.15, 0.2) is 79.8 Å². The van der Waals surface area contributed by atoms with Crippen LogP contribution in [0.3, 0.4) is 0 Å². The quantitative estimate of drug-likeness (QED) is 0.134. The first kappa shape index (κ1) is 33.5. The van der Waals surface area contributed by atoms with Gasteiger partial charge in [0.2, 0.25) is 5.91 Å². The number of carbonyl (C=O) groups excluding carboxylic acids is 2. The lowest BCUT2D eigenvalue weighted by Crippen LogP contribution is -2.69. The van der Waals surface area contributed by atoms with E-state index in [-0.39, 0.29) is 18.4 Å². The van der Waals surface area contributed by atoms with Gasteiger partial charge in [-0.05, 0) is 75.6 Å². The Bertz CT molecular complexity index is 1970. The monoisotopic (exact) mass is 716 g/mol. The van der Waals surface area contributed by atoms with E-state index in [1.807, 2.05) is 54.6 Å². The maximum Gasteiger partial charge on any atom is 0.336 e. The summed E-state index contributed by atoms with van der Waals surface area (Å²) in [5, 5.41) is 7.96. The first-order valence-corrected chi connectivity index (χ1v) is 19.9. The highest BCUT2D eigenvalue weighted by molar-refractivity contribution is 8.77. The molecule has 1 amide bonds. The summed E-state index contributed by atoms with van der Waals surface area (Å²) in [6.07, 6.45) is 9.24. The molecule has 1 aromatic carbocycles. The summed E-state index contributed by atoms with van der Waals surface area (Å²) in [7, 11) is 5.78. The molecule has 4 N–H and O–H groups in total. The molecule has 1 saturated heterocycles. The molecule has 264 valence electrons. The van der Waals surface area contributed by atoms with Crippen molar-refractivity contribution >= 4 is 44.4 Å². The predicted octanol–water partition coefficient (Wildman–Crippen LogP) is 4.74. The van der Waals surface area contributed by atoms with Crippen LogP contribution in [-0.2, 0) is 20.7 Å². The molecule has 8 rings (SSSR count). The Morgan fingerprint density at radius 1 is 1.24 bits per heavy atom. The Morgan fingerprint density at radius 3 is 2.88 bits per heavy atom. The van der Waals surface area contributed by atoms with E-state index >= 15 is 0 Å². The summed E-state index contributed by atoms with van der Waals surface area (Å²) < 4.78 is 19.3. The maximum absolute atomic E-state index is 14.3. The van der Waals surface area contributed by atoms with Crippen LogP contribution in [0, 0.1) is 11.8 Å². The van der Waals surface area contributed by atoms with Gasteiger partial charge >= 0.3 is 11.6 Å². The molecule has 2 aliphatic carbocycles. The Balaban J connectivity index is 1.29. The number of hydrogen-bond acceptors (Lipinski definition) is 11. The largest absolute Gasteiger partial charge is 0.481 e. The molecular formula is C38H44N4O6S2. The molecular weight excluding hydrogens is 673 g/mol. The van der Waals surface area contributed by atoms with Crippen LogP contribution in [0.1, 0.15) is 52.0 Å². The van der Waals surface area contributed by atoms with Crippen molar-refractivity contribution in [1.82, 2.24) is 15.5 Å². The molecule has 1 saturated carbocycles. The Morgan fingerprint density at radius 2 is 2.08 bits per heavy atom. The van der Waals surface area contributed by atoms with Gasteiger partial charge in [-0.25, -0.2) is 9.59 Å². The van der Waals surface area contributed by atoms with Crippen molar-refractivity contribution in [2.24, 2.45) is 17.6 Å². The van der Waals surface area contributed by atoms with Crippen molar-refractivity contribution in [3.05, 3.63) is 86.6 Å². The number of allylic oxidation sites excluding steroid dienone is 2. The van der Waals surface area contributed by atoms with E-state index < -0.39 is 28.7 Å². The topological polar surface area (TPSA) is 136 Å². The fraction of sp³-hybridized carbons (Fsp3) is 0.500. The Hall–Kier alpha value is -3.61. The lowest BCUT2D eigenvalue weighted by molar-refractivity contribution is -0.186. The van der Waals surface area contributed by atoms with Crippen LogP contribution in [0.5, 0.6) is 5.75 Å². The van der Waals surface area contributed by atoms with E-state index in [0.29, 0.717) is 59.3 Å². The van der Waals surface area contributed by atoms with Crippen molar-refractivity contribution in [3.63, 3.8) is 0 Å². The van der Waals surface area contributed by atoms with E-state index in [0.717, 1.165) is 47.2 Å². The summed E-state index contributed by atoms with van der Waals surface area (Å²) in [4.78, 5) is 42.2. The molecule has 4 aliphatic heterocycles. The van der Waals surface area contributed by atoms with Gasteiger partial charge in [0.05, 0.1) is 24.2 Å². The molecule has 7 atom stereocenters. The number of nitrogens with two attached hydrogens (primary N) is 1. The number of nitrogens with zero attached hydrogens (tertiary/aromatic N) is 1. The van der Waals surface area contributed by atoms with E-state index in [4.69, 9.17) is 19.6 Å². The molecule has 0 bridgehead atoms. The summed E-state index contributed by atoms with van der Waals surface area (Å²) >= 11 is 0. The fourth-order valence-electron chi connectivity index (χ4n) is 9.10. The molecule has 2 aromatic rings. The number of dihydropyridines is 1. The minimum atomic E-state index is -1.11. The number of esters is 1. The van der Waals surface area contributed by atoms with Gasteiger partial charge in [0.1, 0.15) is 11.3 Å². The van der Waals surface area contributed by atoms with Gasteiger partial charge in [0.15, 0.2) is 11.2 Å². The van der Waals surface area contributed by atoms with Crippen molar-refractivity contribution in [3.8, 4) is 5.75 Å². The lowest BCUT2D eigenvalue weighted by atomic mass is 9.61. The van der Waals surface area contributed by atoms with Gasteiger partial charge < -0.3 is 35.2 Å². The van der Waals surface area contributed by atoms with Gasteiger partial charge in [-0.3, -0.25) is 4.79 Å². The van der Waals surface area contributed by atoms with Crippen LogP contribution in [-0.4, -0.2) is 71.2 Å². The van der Waals surface area contributed by atoms with E-state index in [2.05, 4.69) is 21.6 Å². The third kappa shape index (κ3) is 5.32. The lowest BCUT2D eigenvalue weighted by Gasteiger charge is -2.57. The third-order valence-electron chi connectivity index (χ3n) is 12.0. The number of nitrogens with one attached hydrogen (secondary N) is 2. The Labute approximate surface area is 299 Å². The van der Waals surface area contributed by atoms with Gasteiger partial charge in [-0.2, -0.15) is 0 Å². The molecule has 0 radical (unpaired) electrons. The van der Waals surface area contributed by atoms with Gasteiger partial charge in [0.25, 0.3) is 0 Å². The second kappa shape index (κ2) is 12.6. The summed E-state index contributed by atoms with van der Waals surface area (Å²) in [5.74, 6) is 1.64. The minimum absolute atomic E-state index is 0.132. The van der Waals surface area contributed by atoms with Crippen LogP contribution in [0.4, 0.5) is 0 Å². The molecule has 50 heavy (non-hydrogen) atoms. The second-order valence-corrected chi connectivity index (χ2v) is 17.3. The highest BCUT2D eigenvalue weighted by atomic mass is 33.1. The standard InChI is InChI=1S/C38H44N4O6S2/c1-5-20(2)36(45)48-37(3)11-10-22-19-49-50-30-8-7-27(40-4)26-18-42(35(26)30)32(43)13-24-17-41-31(39)14-25(24)34(22)38(37)16-23-12-21-6-9-33(44)46-28(21)15-29(23)47-38/h5-6,9-10,12,14-15,26-27,30,34-35,40-41H,7-8,11,13,16-19,39H2,1-4H3/b20-5+/t26-,27+,30-,34+,35+,37-,38-/m1/s1. The maximum atomic E-state index is 14.3. The van der Waals surface area contributed by atoms with Crippen molar-refractivity contribution in [2.75, 3.05) is 25.9 Å². The van der Waals surface area contributed by atoms with E-state index in [1.165, 1.54) is 11.6 Å². The number of carbonyl (C=O) groups is 2. The zero-order valence-electron chi connectivity index (χ0n) is 28.9. The summed E-state index contributed by atoms with van der Waals surface area (Å²) in [5.41, 5.74) is 8.84. The number of amides is 1. The second-order valence-electron chi connectivity index (χ2n) is 14.7. The molecule has 5 heterocycles. The van der Waals surface area contributed by atoms with Gasteiger partial charge in [-0.15, -0.1) is 0 Å². The average molecular weight is 717 g/mol. The van der Waals surface area contributed by atoms with Crippen LogP contribution in [0.25, 0.3) is 11.0 Å². The zero-order valence-corrected chi connectivity index (χ0v) is 30.5. The summed E-state index contributed by atoms with van der Waals surface area (Å²) in [6.45, 7) is 6.75. The molecule has 1 aromatic heterocycles. The molecule has 12 heteroatoms. The SMILES string of the molecule is C/C=C(\C)C(=O)O[C@]1(C)CC=C2CSS[C@@H]3CC[C@H](NC)[C@H]4CN(C(=O)CC5=C(C=C(N)NC5)[C@H]2[C@]12Cc1cc5ccc(=O)oc5cc1O2)[C@@H]43. The number of benzene rings is 1. The fourth-order valence-corrected chi connectivity index (χ4v) is 12.2. The number of rotatable bonds is 3. The van der Waals surface area contributed by atoms with E-state index in [9.17, 15) is 14.4 Å². The first-order chi connectivity index (χ1) is 24.0. The Kier molecular flexibility index (Phi) is 8.42. The smallest absolute Gasteiger partial charge is 0.336 e. The van der Waals surface area contributed by atoms with Crippen molar-refractivity contribution in [1.29, 1.82) is 0 Å². The number of hydrogen-bond donors (Lipinski definition) is 3. The van der Waals surface area contributed by atoms with Gasteiger partial charge in [-0.1, -0.05) is 39.3 Å². The van der Waals surface area contributed by atoms with Crippen LogP contribution < -0.4 is 26.7 Å². The molecule has 0 unspecified atom stereocenters. The number of ether oxygens (including phenoxy) is 2. The predicted molar refractivity (Wildman–Crippen MR) is 196 cm³/mol. The minimum Gasteiger partial charge on any atom is -0.481 e. The first-order valence-electron chi connectivity index (χ1n) is 17.5. The molecule has 1 spiro atoms. The normalized spacial score (nSPS) is 33.7.